The number of fused-ring (bicyclic) bond motifs is 1. The van der Waals surface area contributed by atoms with Gasteiger partial charge in [-0.05, 0) is 73.6 Å². The number of carbonyl (C=O) groups excluding carboxylic acids is 2. The smallest absolute Gasteiger partial charge is 0.337 e. The summed E-state index contributed by atoms with van der Waals surface area (Å²) in [6.07, 6.45) is 4.77. The van der Waals surface area contributed by atoms with Gasteiger partial charge in [-0.2, -0.15) is 0 Å². The van der Waals surface area contributed by atoms with Crippen LogP contribution in [0.1, 0.15) is 52.9 Å². The minimum Gasteiger partial charge on any atom is -0.484 e. The van der Waals surface area contributed by atoms with Crippen molar-refractivity contribution in [2.75, 3.05) is 13.7 Å². The summed E-state index contributed by atoms with van der Waals surface area (Å²) in [5.41, 5.74) is 4.39. The Hall–Kier alpha value is -2.82. The molecule has 1 amide bonds. The quantitative estimate of drug-likeness (QED) is 0.792. The highest BCUT2D eigenvalue weighted by molar-refractivity contribution is 5.89. The molecule has 1 atom stereocenters. The SMILES string of the molecule is COC(=O)c1ccc(OCC(=O)N[C@@H](C)c2ccc3c(c2)CCCC3)cc1. The van der Waals surface area contributed by atoms with Gasteiger partial charge in [0, 0.05) is 0 Å². The van der Waals surface area contributed by atoms with Crippen LogP contribution in [0.4, 0.5) is 0 Å². The van der Waals surface area contributed by atoms with E-state index in [-0.39, 0.29) is 18.6 Å². The van der Waals surface area contributed by atoms with E-state index in [9.17, 15) is 9.59 Å². The van der Waals surface area contributed by atoms with E-state index in [4.69, 9.17) is 4.74 Å². The van der Waals surface area contributed by atoms with Crippen LogP contribution >= 0.6 is 0 Å². The average Bonchev–Trinajstić information content (AvgIpc) is 2.71. The average molecular weight is 367 g/mol. The lowest BCUT2D eigenvalue weighted by molar-refractivity contribution is -0.123. The molecular formula is C22H25NO4. The second kappa shape index (κ2) is 8.71. The van der Waals surface area contributed by atoms with Gasteiger partial charge >= 0.3 is 5.97 Å². The molecule has 0 bridgehead atoms. The number of ether oxygens (including phenoxy) is 2. The third kappa shape index (κ3) is 4.88. The number of nitrogens with one attached hydrogen (secondary N) is 1. The number of amides is 1. The molecule has 1 aliphatic rings. The van der Waals surface area contributed by atoms with Crippen LogP contribution in [0.25, 0.3) is 0 Å². The number of methoxy groups -OCH3 is 1. The zero-order valence-electron chi connectivity index (χ0n) is 15.8. The molecule has 0 saturated heterocycles. The Kier molecular flexibility index (Phi) is 6.12. The zero-order valence-corrected chi connectivity index (χ0v) is 15.8. The van der Waals surface area contributed by atoms with E-state index < -0.39 is 5.97 Å². The van der Waals surface area contributed by atoms with Crippen molar-refractivity contribution < 1.29 is 19.1 Å². The zero-order chi connectivity index (χ0) is 19.2. The fourth-order valence-corrected chi connectivity index (χ4v) is 3.34. The summed E-state index contributed by atoms with van der Waals surface area (Å²) >= 11 is 0. The number of rotatable bonds is 6. The molecule has 2 aromatic carbocycles. The number of hydrogen-bond donors (Lipinski definition) is 1. The first-order valence-electron chi connectivity index (χ1n) is 9.29. The van der Waals surface area contributed by atoms with Crippen LogP contribution in [-0.4, -0.2) is 25.6 Å². The fraction of sp³-hybridized carbons (Fsp3) is 0.364. The second-order valence-electron chi connectivity index (χ2n) is 6.83. The molecule has 0 fully saturated rings. The molecule has 27 heavy (non-hydrogen) atoms. The molecule has 0 aromatic heterocycles. The van der Waals surface area contributed by atoms with E-state index in [1.807, 2.05) is 6.92 Å². The fourth-order valence-electron chi connectivity index (χ4n) is 3.34. The van der Waals surface area contributed by atoms with Gasteiger partial charge in [0.1, 0.15) is 5.75 Å². The van der Waals surface area contributed by atoms with E-state index in [2.05, 4.69) is 28.3 Å². The van der Waals surface area contributed by atoms with Crippen molar-refractivity contribution in [2.45, 2.75) is 38.6 Å². The van der Waals surface area contributed by atoms with E-state index in [0.29, 0.717) is 11.3 Å². The van der Waals surface area contributed by atoms with Crippen molar-refractivity contribution in [1.82, 2.24) is 5.32 Å². The van der Waals surface area contributed by atoms with Crippen molar-refractivity contribution in [3.05, 3.63) is 64.7 Å². The Morgan fingerprint density at radius 3 is 2.44 bits per heavy atom. The molecule has 0 unspecified atom stereocenters. The summed E-state index contributed by atoms with van der Waals surface area (Å²) in [6.45, 7) is 1.90. The normalized spacial score (nSPS) is 14.0. The minimum atomic E-state index is -0.404. The van der Waals surface area contributed by atoms with Crippen LogP contribution in [0.15, 0.2) is 42.5 Å². The van der Waals surface area contributed by atoms with Gasteiger partial charge < -0.3 is 14.8 Å². The maximum absolute atomic E-state index is 12.2. The van der Waals surface area contributed by atoms with Crippen LogP contribution < -0.4 is 10.1 Å². The number of hydrogen-bond acceptors (Lipinski definition) is 4. The largest absolute Gasteiger partial charge is 0.484 e. The molecule has 5 heteroatoms. The van der Waals surface area contributed by atoms with Crippen molar-refractivity contribution in [1.29, 1.82) is 0 Å². The molecule has 142 valence electrons. The van der Waals surface area contributed by atoms with Gasteiger partial charge in [0.05, 0.1) is 18.7 Å². The first-order chi connectivity index (χ1) is 13.1. The van der Waals surface area contributed by atoms with E-state index in [0.717, 1.165) is 18.4 Å². The summed E-state index contributed by atoms with van der Waals surface area (Å²) in [6, 6.07) is 12.9. The molecule has 0 spiro atoms. The van der Waals surface area contributed by atoms with Crippen LogP contribution in [-0.2, 0) is 22.4 Å². The molecule has 1 aliphatic carbocycles. The second-order valence-corrected chi connectivity index (χ2v) is 6.83. The summed E-state index contributed by atoms with van der Waals surface area (Å²) in [4.78, 5) is 23.6. The Labute approximate surface area is 159 Å². The monoisotopic (exact) mass is 367 g/mol. The Balaban J connectivity index is 1.52. The topological polar surface area (TPSA) is 64.6 Å². The predicted molar refractivity (Wildman–Crippen MR) is 103 cm³/mol. The molecule has 1 N–H and O–H groups in total. The molecular weight excluding hydrogens is 342 g/mol. The maximum atomic E-state index is 12.2. The van der Waals surface area contributed by atoms with Crippen molar-refractivity contribution in [3.8, 4) is 5.75 Å². The highest BCUT2D eigenvalue weighted by Gasteiger charge is 2.14. The van der Waals surface area contributed by atoms with Gasteiger partial charge in [0.25, 0.3) is 5.91 Å². The lowest BCUT2D eigenvalue weighted by Crippen LogP contribution is -2.31. The number of benzene rings is 2. The Bertz CT molecular complexity index is 814. The highest BCUT2D eigenvalue weighted by atomic mass is 16.5. The molecule has 0 saturated carbocycles. The van der Waals surface area contributed by atoms with E-state index >= 15 is 0 Å². The first-order valence-corrected chi connectivity index (χ1v) is 9.29. The minimum absolute atomic E-state index is 0.0740. The number of carbonyl (C=O) groups is 2. The first kappa shape index (κ1) is 19.0. The summed E-state index contributed by atoms with van der Waals surface area (Å²) in [7, 11) is 1.33. The third-order valence-corrected chi connectivity index (χ3v) is 4.90. The molecule has 0 aliphatic heterocycles. The summed E-state index contributed by atoms with van der Waals surface area (Å²) in [5.74, 6) is -0.0605. The molecule has 2 aromatic rings. The van der Waals surface area contributed by atoms with Crippen LogP contribution in [0, 0.1) is 0 Å². The van der Waals surface area contributed by atoms with Crippen molar-refractivity contribution in [2.24, 2.45) is 0 Å². The van der Waals surface area contributed by atoms with Crippen molar-refractivity contribution >= 4 is 11.9 Å². The van der Waals surface area contributed by atoms with Gasteiger partial charge in [-0.3, -0.25) is 4.79 Å². The molecule has 3 rings (SSSR count). The van der Waals surface area contributed by atoms with Crippen LogP contribution in [0.2, 0.25) is 0 Å². The summed E-state index contributed by atoms with van der Waals surface area (Å²) in [5, 5.41) is 2.97. The van der Waals surface area contributed by atoms with Crippen LogP contribution in [0.3, 0.4) is 0 Å². The number of aryl methyl sites for hydroxylation is 2. The third-order valence-electron chi connectivity index (χ3n) is 4.90. The van der Waals surface area contributed by atoms with Gasteiger partial charge in [-0.15, -0.1) is 0 Å². The molecule has 0 heterocycles. The van der Waals surface area contributed by atoms with E-state index in [1.165, 1.54) is 31.1 Å². The molecule has 0 radical (unpaired) electrons. The Morgan fingerprint density at radius 2 is 1.74 bits per heavy atom. The van der Waals surface area contributed by atoms with Gasteiger partial charge in [-0.25, -0.2) is 4.79 Å². The Morgan fingerprint density at radius 1 is 1.04 bits per heavy atom. The standard InChI is InChI=1S/C22H25NO4/c1-15(18-8-7-16-5-3-4-6-19(16)13-18)23-21(24)14-27-20-11-9-17(10-12-20)22(25)26-2/h7-13,15H,3-6,14H2,1-2H3,(H,23,24)/t15-/m0/s1. The van der Waals surface area contributed by atoms with Gasteiger partial charge in [0.2, 0.25) is 0 Å². The van der Waals surface area contributed by atoms with Crippen molar-refractivity contribution in [3.63, 3.8) is 0 Å². The summed E-state index contributed by atoms with van der Waals surface area (Å²) < 4.78 is 10.2. The van der Waals surface area contributed by atoms with Gasteiger partial charge in [0.15, 0.2) is 6.61 Å². The molecule has 5 nitrogen and oxygen atoms in total. The number of esters is 1. The van der Waals surface area contributed by atoms with Crippen LogP contribution in [0.5, 0.6) is 5.75 Å². The van der Waals surface area contributed by atoms with Gasteiger partial charge in [-0.1, -0.05) is 18.2 Å². The predicted octanol–water partition coefficient (Wildman–Crippen LogP) is 3.61. The maximum Gasteiger partial charge on any atom is 0.337 e. The lowest BCUT2D eigenvalue weighted by Gasteiger charge is -2.20. The van der Waals surface area contributed by atoms with E-state index in [1.54, 1.807) is 24.3 Å². The lowest BCUT2D eigenvalue weighted by atomic mass is 9.89. The highest BCUT2D eigenvalue weighted by Crippen LogP contribution is 2.24.